The van der Waals surface area contributed by atoms with Crippen LogP contribution in [-0.4, -0.2) is 290 Å². The van der Waals surface area contributed by atoms with Crippen LogP contribution in [0.5, 0.6) is 0 Å². The van der Waals surface area contributed by atoms with Crippen LogP contribution in [0.2, 0.25) is 0 Å². The summed E-state index contributed by atoms with van der Waals surface area (Å²) >= 11 is 0. The second-order valence-corrected chi connectivity index (χ2v) is 33.5. The molecular weight excluding hydrogens is 1530 g/mol. The number of methoxy groups -OCH3 is 7. The molecule has 0 amide bonds. The second kappa shape index (κ2) is 76.4. The Hall–Kier alpha value is -2.06. The third-order valence-corrected chi connectivity index (χ3v) is 18.2. The summed E-state index contributed by atoms with van der Waals surface area (Å²) < 4.78 is 102. The van der Waals surface area contributed by atoms with Gasteiger partial charge in [0.15, 0.2) is 44.0 Å². The van der Waals surface area contributed by atoms with Gasteiger partial charge in [-0.3, -0.25) is 0 Å². The van der Waals surface area contributed by atoms with Crippen LogP contribution in [0.4, 0.5) is 0 Å². The molecule has 29 atom stereocenters. The van der Waals surface area contributed by atoms with Gasteiger partial charge in [-0.15, -0.1) is 0 Å². The van der Waals surface area contributed by atoms with Crippen LogP contribution < -0.4 is 79.9 Å². The summed E-state index contributed by atoms with van der Waals surface area (Å²) in [5.74, 6) is -0.0800. The standard InChI is InChI=1S/C10H20N2O3.C9H17N3O2.C9H20N2O4S.C9H20N2O2.2C8H18N2O3.C8H16N2O2.7C3H8/c1-13-10-7(11)2-3-9(15-10)8-6-14-5-4-12-8;1-12-5-7(11)8-4-3-6(10)9(13-2)14-8;1-14-9-6(10)3-4-8(15-9)7(11)5-16(2,12)13;1-9(2,11)7-5-4-6(10)8(12-3)13-7;1-4(9)7-6(11)3-5(10)8(12-2)13-7;1-4(9)6-3-5(11)7(10)8(12-2)13-6;1-5(9)7-4-3-6(10)8(11-2)12-7;7*1-3-2/h7-10,12H,2-6,11H2,1H3;6-9H,3-5,10-11H2,2H3;6-9H,3-5,10-11H2,1-2H3;6-8H,4-5,10-11H2,1-3H3;2*4-8,11H,3,9-10H2,1-2H3;3-8H,9-10H2,1-2H3;7*3H2,1-2H3/t7?,8?,9?,10-;2*6?,7?,8?,9-;6?,7?,8-;2*4?,5?,6?,7?,8-;5?,6?,7?,8-;;;;;;;/m0000000......./s1. The van der Waals surface area contributed by atoms with Crippen molar-refractivity contribution < 1.29 is 89.7 Å². The third kappa shape index (κ3) is 59.5. The molecular formula is C82H185N15O19S. The van der Waals surface area contributed by atoms with Crippen LogP contribution in [-0.2, 0) is 80.9 Å². The van der Waals surface area contributed by atoms with Crippen molar-refractivity contribution in [1.82, 2.24) is 5.32 Å². The zero-order valence-electron chi connectivity index (χ0n) is 78.1. The maximum atomic E-state index is 11.1. The van der Waals surface area contributed by atoms with Gasteiger partial charge in [-0.25, -0.2) is 15.0 Å². The number of aliphatic hydroxyl groups is 2. The van der Waals surface area contributed by atoms with E-state index in [1.165, 1.54) is 66.3 Å². The smallest absolute Gasteiger partial charge is 0.232 e. The van der Waals surface area contributed by atoms with E-state index in [-0.39, 0.29) is 152 Å². The predicted molar refractivity (Wildman–Crippen MR) is 474 cm³/mol. The Balaban J connectivity index is -0.000000295. The largest absolute Gasteiger partial charge is 0.391 e. The van der Waals surface area contributed by atoms with E-state index < -0.39 is 53.0 Å². The molecule has 8 rings (SSSR count). The zero-order valence-corrected chi connectivity index (χ0v) is 79.0. The molecule has 29 N–H and O–H groups in total. The second-order valence-electron chi connectivity index (χ2n) is 31.3. The first-order valence-electron chi connectivity index (χ1n) is 42.9. The molecule has 8 aliphatic heterocycles. The molecule has 8 aliphatic rings. The number of nitrogens with two attached hydrogens (primary N) is 13. The Labute approximate surface area is 711 Å². The minimum absolute atomic E-state index is 0.00393. The highest BCUT2D eigenvalue weighted by molar-refractivity contribution is 7.90. The van der Waals surface area contributed by atoms with Crippen molar-refractivity contribution in [1.29, 1.82) is 0 Å². The molecule has 0 saturated carbocycles. The molecule has 8 heterocycles. The van der Waals surface area contributed by atoms with Crippen LogP contribution in [0.25, 0.3) is 4.85 Å². The zero-order chi connectivity index (χ0) is 91.7. The highest BCUT2D eigenvalue weighted by atomic mass is 32.2. The van der Waals surface area contributed by atoms with Gasteiger partial charge in [0.1, 0.15) is 22.0 Å². The van der Waals surface area contributed by atoms with E-state index in [1.54, 1.807) is 35.4 Å². The quantitative estimate of drug-likeness (QED) is 0.0651. The number of rotatable bonds is 17. The summed E-state index contributed by atoms with van der Waals surface area (Å²) in [4.78, 5) is 3.25. The van der Waals surface area contributed by atoms with Gasteiger partial charge in [-0.1, -0.05) is 154 Å². The van der Waals surface area contributed by atoms with Crippen molar-refractivity contribution in [3.8, 4) is 0 Å². The Morgan fingerprint density at radius 3 is 1.23 bits per heavy atom. The first-order valence-corrected chi connectivity index (χ1v) is 45.0. The fraction of sp³-hybridized carbons (Fsp3) is 0.963. The van der Waals surface area contributed by atoms with Crippen molar-refractivity contribution in [2.45, 2.75) is 424 Å². The van der Waals surface area contributed by atoms with E-state index in [9.17, 15) is 18.6 Å². The summed E-state index contributed by atoms with van der Waals surface area (Å²) in [6, 6.07) is -2.12. The lowest BCUT2D eigenvalue weighted by Gasteiger charge is -2.39. The number of sulfone groups is 1. The van der Waals surface area contributed by atoms with Crippen LogP contribution in [0.3, 0.4) is 0 Å². The SMILES string of the molecule is CCC.CCC.CCC.CCC.CCC.CCC.CCC.CO[C@H]1OC(C(C)(C)N)CCC1N.CO[C@H]1OC(C(C)N)C(O)CC1N.CO[C@H]1OC(C(C)N)C=CC1N.CO[C@H]1OC(C(C)N)CC(O)C1N.CO[C@H]1OC(C(N)CS(C)(=O)=O)CCC1N.CO[C@H]1OC(C2COCCN2)CCC1N.[C-]#[N+]CC(N)C1CCC(N)[C@@H](OC)O1. The monoisotopic (exact) mass is 1720 g/mol. The Kier molecular flexibility index (Phi) is 82.1. The number of morpholine rings is 1. The lowest BCUT2D eigenvalue weighted by Crippen LogP contribution is -2.57. The first-order chi connectivity index (χ1) is 54.9. The van der Waals surface area contributed by atoms with Crippen LogP contribution in [0.1, 0.15) is 241 Å². The van der Waals surface area contributed by atoms with Gasteiger partial charge in [-0.2, -0.15) is 0 Å². The molecule has 708 valence electrons. The highest BCUT2D eigenvalue weighted by Crippen LogP contribution is 2.28. The summed E-state index contributed by atoms with van der Waals surface area (Å²) in [5.41, 5.74) is 74.4. The topological polar surface area (TPSA) is 568 Å². The van der Waals surface area contributed by atoms with E-state index in [4.69, 9.17) is 152 Å². The lowest BCUT2D eigenvalue weighted by molar-refractivity contribution is -0.223. The molecule has 35 heteroatoms. The minimum atomic E-state index is -3.09. The van der Waals surface area contributed by atoms with E-state index in [0.29, 0.717) is 19.3 Å². The van der Waals surface area contributed by atoms with Gasteiger partial charge in [-0.05, 0) is 92.4 Å². The van der Waals surface area contributed by atoms with Crippen LogP contribution in [0, 0.1) is 6.57 Å². The van der Waals surface area contributed by atoms with E-state index >= 15 is 0 Å². The highest BCUT2D eigenvalue weighted by Gasteiger charge is 2.41. The van der Waals surface area contributed by atoms with Gasteiger partial charge in [0.05, 0.1) is 116 Å². The van der Waals surface area contributed by atoms with Crippen LogP contribution in [0.15, 0.2) is 12.2 Å². The van der Waals surface area contributed by atoms with Crippen molar-refractivity contribution in [2.75, 3.05) is 88.1 Å². The van der Waals surface area contributed by atoms with Gasteiger partial charge in [0.2, 0.25) is 6.54 Å². The van der Waals surface area contributed by atoms with Crippen molar-refractivity contribution in [3.05, 3.63) is 23.6 Å². The first kappa shape index (κ1) is 126. The fourth-order valence-electron chi connectivity index (χ4n) is 11.4. The average molecular weight is 1720 g/mol. The number of hydrogen-bond acceptors (Lipinski definition) is 33. The molecule has 22 unspecified atom stereocenters. The molecule has 0 aromatic rings. The molecule has 7 saturated heterocycles. The maximum Gasteiger partial charge on any atom is 0.232 e. The normalized spacial score (nSPS) is 32.9. The Morgan fingerprint density at radius 1 is 0.479 bits per heavy atom. The van der Waals surface area contributed by atoms with E-state index in [0.717, 1.165) is 71.0 Å². The minimum Gasteiger partial charge on any atom is -0.391 e. The van der Waals surface area contributed by atoms with Crippen molar-refractivity contribution in [3.63, 3.8) is 0 Å². The molecule has 0 radical (unpaired) electrons. The molecule has 0 aromatic heterocycles. The number of nitrogens with one attached hydrogen (secondary N) is 1. The van der Waals surface area contributed by atoms with Gasteiger partial charge < -0.3 is 166 Å². The number of hydrogen-bond donors (Lipinski definition) is 16. The summed E-state index contributed by atoms with van der Waals surface area (Å²) in [6.45, 7) is 48.6. The summed E-state index contributed by atoms with van der Waals surface area (Å²) in [7, 11) is 7.83. The van der Waals surface area contributed by atoms with Crippen molar-refractivity contribution >= 4 is 9.84 Å². The number of nitrogens with zero attached hydrogens (tertiary/aromatic N) is 1. The van der Waals surface area contributed by atoms with Crippen molar-refractivity contribution in [2.24, 2.45) is 74.5 Å². The molecule has 7 fully saturated rings. The van der Waals surface area contributed by atoms with E-state index in [1.807, 2.05) is 39.8 Å². The predicted octanol–water partition coefficient (Wildman–Crippen LogP) is 5.27. The summed E-state index contributed by atoms with van der Waals surface area (Å²) in [6.07, 6.45) is 16.4. The molecule has 0 aromatic carbocycles. The molecule has 0 spiro atoms. The van der Waals surface area contributed by atoms with Gasteiger partial charge in [0, 0.05) is 98.7 Å². The summed E-state index contributed by atoms with van der Waals surface area (Å²) in [5, 5.41) is 22.5. The van der Waals surface area contributed by atoms with E-state index in [2.05, 4.69) is 107 Å². The number of ether oxygens (including phenoxy) is 15. The lowest BCUT2D eigenvalue weighted by atomic mass is 9.91. The average Bonchev–Trinajstić information content (AvgIpc) is 0.817. The third-order valence-electron chi connectivity index (χ3n) is 17.2. The molecule has 0 bridgehead atoms. The maximum absolute atomic E-state index is 11.1. The molecule has 117 heavy (non-hydrogen) atoms. The van der Waals surface area contributed by atoms with Gasteiger partial charge in [0.25, 0.3) is 0 Å². The van der Waals surface area contributed by atoms with Gasteiger partial charge >= 0.3 is 0 Å². The Bertz CT molecular complexity index is 2350. The fourth-order valence-corrected chi connectivity index (χ4v) is 12.3. The number of aliphatic hydroxyl groups excluding tert-OH is 2. The Morgan fingerprint density at radius 2 is 0.863 bits per heavy atom. The molecule has 34 nitrogen and oxygen atoms in total. The van der Waals surface area contributed by atoms with Crippen LogP contribution >= 0.6 is 0 Å². The molecule has 0 aliphatic carbocycles.